The van der Waals surface area contributed by atoms with Crippen molar-refractivity contribution in [3.8, 4) is 0 Å². The molecule has 0 spiro atoms. The maximum absolute atomic E-state index is 11.5. The molecule has 0 bridgehead atoms. The minimum Gasteiger partial charge on any atom is -0.259 e. The van der Waals surface area contributed by atoms with Crippen molar-refractivity contribution in [2.45, 2.75) is 19.6 Å². The van der Waals surface area contributed by atoms with Crippen LogP contribution >= 0.6 is 0 Å². The summed E-state index contributed by atoms with van der Waals surface area (Å²) in [6.07, 6.45) is 0. The maximum Gasteiger partial charge on any atom is 0.0485 e. The predicted octanol–water partition coefficient (Wildman–Crippen LogP) is 2.59. The van der Waals surface area contributed by atoms with Gasteiger partial charge in [0.15, 0.2) is 0 Å². The van der Waals surface area contributed by atoms with Gasteiger partial charge in [0.25, 0.3) is 0 Å². The molecule has 0 N–H and O–H groups in total. The van der Waals surface area contributed by atoms with Crippen molar-refractivity contribution in [2.75, 3.05) is 5.75 Å². The normalized spacial score (nSPS) is 13.2. The minimum absolute atomic E-state index is 0.518. The summed E-state index contributed by atoms with van der Waals surface area (Å²) in [7, 11) is -0.701. The largest absolute Gasteiger partial charge is 0.259 e. The first-order valence-electron chi connectivity index (χ1n) is 4.57. The van der Waals surface area contributed by atoms with Gasteiger partial charge in [0, 0.05) is 22.3 Å². The Morgan fingerprint density at radius 1 is 1.23 bits per heavy atom. The molecule has 0 fully saturated rings. The van der Waals surface area contributed by atoms with Crippen LogP contribution in [0.5, 0.6) is 0 Å². The zero-order chi connectivity index (χ0) is 9.68. The lowest BCUT2D eigenvalue weighted by atomic mass is 10.2. The molecule has 0 aliphatic heterocycles. The van der Waals surface area contributed by atoms with Crippen molar-refractivity contribution in [3.63, 3.8) is 0 Å². The van der Waals surface area contributed by atoms with Crippen molar-refractivity contribution < 1.29 is 4.21 Å². The molecule has 0 aromatic heterocycles. The molecule has 0 aliphatic carbocycles. The van der Waals surface area contributed by atoms with E-state index in [-0.39, 0.29) is 0 Å². The maximum atomic E-state index is 11.5. The minimum atomic E-state index is -0.701. The highest BCUT2D eigenvalue weighted by atomic mass is 32.2. The second-order valence-corrected chi connectivity index (χ2v) is 5.13. The van der Waals surface area contributed by atoms with Gasteiger partial charge < -0.3 is 0 Å². The Labute approximate surface area is 82.6 Å². The summed E-state index contributed by atoms with van der Waals surface area (Å²) in [5, 5.41) is 0. The molecular formula is C11H16OS. The van der Waals surface area contributed by atoms with E-state index in [1.54, 1.807) is 0 Å². The Balaban J connectivity index is 2.46. The van der Waals surface area contributed by atoms with Crippen molar-refractivity contribution >= 4 is 10.8 Å². The van der Waals surface area contributed by atoms with Gasteiger partial charge in [0.1, 0.15) is 0 Å². The summed E-state index contributed by atoms with van der Waals surface area (Å²) in [6, 6.07) is 10.0. The van der Waals surface area contributed by atoms with Gasteiger partial charge >= 0.3 is 0 Å². The van der Waals surface area contributed by atoms with Gasteiger partial charge in [0.2, 0.25) is 0 Å². The molecule has 0 amide bonds. The van der Waals surface area contributed by atoms with Gasteiger partial charge in [-0.2, -0.15) is 0 Å². The van der Waals surface area contributed by atoms with Crippen LogP contribution in [0.4, 0.5) is 0 Å². The number of benzene rings is 1. The summed E-state index contributed by atoms with van der Waals surface area (Å²) in [5.74, 6) is 2.01. The van der Waals surface area contributed by atoms with E-state index in [2.05, 4.69) is 13.8 Å². The highest BCUT2D eigenvalue weighted by molar-refractivity contribution is 7.84. The molecule has 0 heterocycles. The van der Waals surface area contributed by atoms with Crippen LogP contribution < -0.4 is 0 Å². The SMILES string of the molecule is CC(C)CS(=O)Cc1ccccc1. The third kappa shape index (κ3) is 4.23. The van der Waals surface area contributed by atoms with Crippen molar-refractivity contribution in [2.24, 2.45) is 5.92 Å². The fourth-order valence-electron chi connectivity index (χ4n) is 1.19. The van der Waals surface area contributed by atoms with Gasteiger partial charge in [-0.25, -0.2) is 0 Å². The van der Waals surface area contributed by atoms with E-state index in [1.807, 2.05) is 30.3 Å². The molecule has 72 valence electrons. The van der Waals surface area contributed by atoms with E-state index in [4.69, 9.17) is 0 Å². The van der Waals surface area contributed by atoms with Gasteiger partial charge in [-0.3, -0.25) is 4.21 Å². The Bertz CT molecular complexity index is 267. The number of rotatable bonds is 4. The zero-order valence-corrected chi connectivity index (χ0v) is 9.01. The van der Waals surface area contributed by atoms with E-state index in [9.17, 15) is 4.21 Å². The van der Waals surface area contributed by atoms with Crippen LogP contribution in [0.1, 0.15) is 19.4 Å². The lowest BCUT2D eigenvalue weighted by Crippen LogP contribution is -2.06. The number of hydrogen-bond donors (Lipinski definition) is 0. The van der Waals surface area contributed by atoms with E-state index >= 15 is 0 Å². The molecule has 0 aliphatic rings. The van der Waals surface area contributed by atoms with Gasteiger partial charge in [0.05, 0.1) is 0 Å². The van der Waals surface area contributed by atoms with Crippen LogP contribution in [0.25, 0.3) is 0 Å². The molecule has 1 aromatic carbocycles. The van der Waals surface area contributed by atoms with Gasteiger partial charge in [-0.05, 0) is 11.5 Å². The van der Waals surface area contributed by atoms with Crippen LogP contribution in [-0.4, -0.2) is 9.96 Å². The van der Waals surface area contributed by atoms with Crippen LogP contribution in [0.15, 0.2) is 30.3 Å². The van der Waals surface area contributed by atoms with Crippen LogP contribution in [0, 0.1) is 5.92 Å². The summed E-state index contributed by atoms with van der Waals surface area (Å²) in [5.41, 5.74) is 1.17. The highest BCUT2D eigenvalue weighted by Crippen LogP contribution is 2.05. The quantitative estimate of drug-likeness (QED) is 0.723. The second kappa shape index (κ2) is 5.18. The first-order chi connectivity index (χ1) is 6.18. The monoisotopic (exact) mass is 196 g/mol. The summed E-state index contributed by atoms with van der Waals surface area (Å²) >= 11 is 0. The van der Waals surface area contributed by atoms with Crippen molar-refractivity contribution in [1.29, 1.82) is 0 Å². The molecule has 0 radical (unpaired) electrons. The Hall–Kier alpha value is -0.630. The molecular weight excluding hydrogens is 180 g/mol. The Kier molecular flexibility index (Phi) is 4.16. The van der Waals surface area contributed by atoms with Gasteiger partial charge in [-0.1, -0.05) is 44.2 Å². The summed E-state index contributed by atoms with van der Waals surface area (Å²) in [4.78, 5) is 0. The Morgan fingerprint density at radius 2 is 1.85 bits per heavy atom. The molecule has 13 heavy (non-hydrogen) atoms. The fraction of sp³-hybridized carbons (Fsp3) is 0.455. The van der Waals surface area contributed by atoms with E-state index in [0.29, 0.717) is 11.7 Å². The first kappa shape index (κ1) is 10.5. The fourth-order valence-corrected chi connectivity index (χ4v) is 2.62. The third-order valence-electron chi connectivity index (χ3n) is 1.69. The smallest absolute Gasteiger partial charge is 0.0485 e. The van der Waals surface area contributed by atoms with E-state index in [0.717, 1.165) is 5.75 Å². The molecule has 1 rings (SSSR count). The number of hydrogen-bond acceptors (Lipinski definition) is 1. The van der Waals surface area contributed by atoms with Gasteiger partial charge in [-0.15, -0.1) is 0 Å². The topological polar surface area (TPSA) is 17.1 Å². The average molecular weight is 196 g/mol. The summed E-state index contributed by atoms with van der Waals surface area (Å²) in [6.45, 7) is 4.20. The average Bonchev–Trinajstić information content (AvgIpc) is 2.04. The molecule has 1 aromatic rings. The zero-order valence-electron chi connectivity index (χ0n) is 8.19. The predicted molar refractivity (Wildman–Crippen MR) is 58.0 cm³/mol. The molecule has 0 saturated heterocycles. The van der Waals surface area contributed by atoms with E-state index in [1.165, 1.54) is 5.56 Å². The molecule has 1 atom stereocenters. The molecule has 2 heteroatoms. The van der Waals surface area contributed by atoms with Crippen molar-refractivity contribution in [3.05, 3.63) is 35.9 Å². The lowest BCUT2D eigenvalue weighted by Gasteiger charge is -2.04. The van der Waals surface area contributed by atoms with Crippen molar-refractivity contribution in [1.82, 2.24) is 0 Å². The summed E-state index contributed by atoms with van der Waals surface area (Å²) < 4.78 is 11.5. The molecule has 1 nitrogen and oxygen atoms in total. The van der Waals surface area contributed by atoms with E-state index < -0.39 is 10.8 Å². The lowest BCUT2D eigenvalue weighted by molar-refractivity contribution is 0.664. The molecule has 1 unspecified atom stereocenters. The first-order valence-corrected chi connectivity index (χ1v) is 6.06. The van der Waals surface area contributed by atoms with Crippen LogP contribution in [-0.2, 0) is 16.6 Å². The second-order valence-electron chi connectivity index (χ2n) is 3.63. The highest BCUT2D eigenvalue weighted by Gasteiger charge is 2.03. The molecule has 0 saturated carbocycles. The Morgan fingerprint density at radius 3 is 2.38 bits per heavy atom. The van der Waals surface area contributed by atoms with Crippen LogP contribution in [0.2, 0.25) is 0 Å². The van der Waals surface area contributed by atoms with Crippen LogP contribution in [0.3, 0.4) is 0 Å². The standard InChI is InChI=1S/C11H16OS/c1-10(2)8-13(12)9-11-6-4-3-5-7-11/h3-7,10H,8-9H2,1-2H3. The third-order valence-corrected chi connectivity index (χ3v) is 3.38.